The van der Waals surface area contributed by atoms with Gasteiger partial charge in [0.05, 0.1) is 5.69 Å². The third-order valence-corrected chi connectivity index (χ3v) is 2.01. The molecule has 0 bridgehead atoms. The maximum absolute atomic E-state index is 10.7. The summed E-state index contributed by atoms with van der Waals surface area (Å²) in [5, 5.41) is 16.3. The van der Waals surface area contributed by atoms with Gasteiger partial charge in [0.25, 0.3) is 0 Å². The van der Waals surface area contributed by atoms with Gasteiger partial charge in [-0.05, 0) is 5.92 Å². The largest absolute Gasteiger partial charge is 0.480 e. The zero-order valence-corrected chi connectivity index (χ0v) is 8.43. The van der Waals surface area contributed by atoms with Crippen molar-refractivity contribution >= 4 is 5.97 Å². The van der Waals surface area contributed by atoms with Crippen molar-refractivity contribution in [2.24, 2.45) is 12.8 Å². The Kier molecular flexibility index (Phi) is 2.85. The van der Waals surface area contributed by atoms with Crippen LogP contribution in [0.1, 0.15) is 37.2 Å². The summed E-state index contributed by atoms with van der Waals surface area (Å²) in [6.07, 6.45) is 0. The van der Waals surface area contributed by atoms with Crippen molar-refractivity contribution in [1.82, 2.24) is 15.0 Å². The minimum Gasteiger partial charge on any atom is -0.480 e. The van der Waals surface area contributed by atoms with Crippen LogP contribution in [-0.4, -0.2) is 26.1 Å². The van der Waals surface area contributed by atoms with E-state index in [4.69, 9.17) is 10.8 Å². The van der Waals surface area contributed by atoms with E-state index in [0.29, 0.717) is 5.69 Å². The molecule has 6 heteroatoms. The maximum Gasteiger partial charge on any atom is 0.326 e. The first kappa shape index (κ1) is 10.6. The summed E-state index contributed by atoms with van der Waals surface area (Å²) >= 11 is 0. The van der Waals surface area contributed by atoms with Crippen LogP contribution >= 0.6 is 0 Å². The summed E-state index contributed by atoms with van der Waals surface area (Å²) in [4.78, 5) is 10.7. The molecule has 3 N–H and O–H groups in total. The zero-order chi connectivity index (χ0) is 10.9. The SMILES string of the molecule is CC(C)c1c(C(N)C(=O)O)nnn1C. The minimum atomic E-state index is -1.10. The number of nitrogens with two attached hydrogens (primary N) is 1. The molecule has 78 valence electrons. The summed E-state index contributed by atoms with van der Waals surface area (Å²) in [5.74, 6) is -0.942. The highest BCUT2D eigenvalue weighted by atomic mass is 16.4. The van der Waals surface area contributed by atoms with E-state index in [9.17, 15) is 4.79 Å². The molecular weight excluding hydrogens is 184 g/mol. The van der Waals surface area contributed by atoms with E-state index in [2.05, 4.69) is 10.3 Å². The van der Waals surface area contributed by atoms with Gasteiger partial charge < -0.3 is 10.8 Å². The highest BCUT2D eigenvalue weighted by Crippen LogP contribution is 2.20. The molecule has 1 unspecified atom stereocenters. The van der Waals surface area contributed by atoms with Crippen LogP contribution < -0.4 is 5.73 Å². The van der Waals surface area contributed by atoms with E-state index in [0.717, 1.165) is 5.69 Å². The quantitative estimate of drug-likeness (QED) is 0.714. The van der Waals surface area contributed by atoms with Crippen LogP contribution in [0.5, 0.6) is 0 Å². The molecule has 0 amide bonds. The fraction of sp³-hybridized carbons (Fsp3) is 0.625. The predicted octanol–water partition coefficient (Wildman–Crippen LogP) is 0.0229. The molecule has 1 heterocycles. The predicted molar refractivity (Wildman–Crippen MR) is 49.7 cm³/mol. The average molecular weight is 198 g/mol. The molecule has 0 fully saturated rings. The zero-order valence-electron chi connectivity index (χ0n) is 8.43. The number of carboxylic acids is 1. The Balaban J connectivity index is 3.15. The van der Waals surface area contributed by atoms with Gasteiger partial charge in [0.15, 0.2) is 0 Å². The number of hydrogen-bond acceptors (Lipinski definition) is 4. The van der Waals surface area contributed by atoms with Crippen LogP contribution in [0.4, 0.5) is 0 Å². The Morgan fingerprint density at radius 3 is 2.57 bits per heavy atom. The molecule has 1 aromatic heterocycles. The monoisotopic (exact) mass is 198 g/mol. The first-order valence-electron chi connectivity index (χ1n) is 4.33. The van der Waals surface area contributed by atoms with E-state index in [1.165, 1.54) is 0 Å². The molecule has 0 aliphatic heterocycles. The summed E-state index contributed by atoms with van der Waals surface area (Å²) in [7, 11) is 1.72. The van der Waals surface area contributed by atoms with Crippen molar-refractivity contribution < 1.29 is 9.90 Å². The van der Waals surface area contributed by atoms with Gasteiger partial charge in [0, 0.05) is 7.05 Å². The van der Waals surface area contributed by atoms with Gasteiger partial charge in [-0.3, -0.25) is 9.48 Å². The van der Waals surface area contributed by atoms with Crippen molar-refractivity contribution in [2.75, 3.05) is 0 Å². The molecule has 6 nitrogen and oxygen atoms in total. The number of aryl methyl sites for hydroxylation is 1. The highest BCUT2D eigenvalue weighted by Gasteiger charge is 2.24. The molecule has 0 radical (unpaired) electrons. The fourth-order valence-electron chi connectivity index (χ4n) is 1.39. The maximum atomic E-state index is 10.7. The number of aromatic nitrogens is 3. The van der Waals surface area contributed by atoms with Gasteiger partial charge in [-0.2, -0.15) is 0 Å². The molecule has 0 saturated heterocycles. The van der Waals surface area contributed by atoms with Crippen molar-refractivity contribution in [3.63, 3.8) is 0 Å². The molecule has 1 aromatic rings. The van der Waals surface area contributed by atoms with Crippen LogP contribution in [0.2, 0.25) is 0 Å². The normalized spacial score (nSPS) is 13.2. The Bertz CT molecular complexity index is 345. The van der Waals surface area contributed by atoms with E-state index < -0.39 is 12.0 Å². The van der Waals surface area contributed by atoms with Crippen molar-refractivity contribution in [1.29, 1.82) is 0 Å². The summed E-state index contributed by atoms with van der Waals surface area (Å²) in [6.45, 7) is 3.88. The first-order chi connectivity index (χ1) is 6.45. The number of hydrogen-bond donors (Lipinski definition) is 2. The van der Waals surface area contributed by atoms with E-state index in [1.807, 2.05) is 13.8 Å². The molecular formula is C8H14N4O2. The average Bonchev–Trinajstić information content (AvgIpc) is 2.45. The summed E-state index contributed by atoms with van der Waals surface area (Å²) in [5.41, 5.74) is 6.58. The Hall–Kier alpha value is -1.43. The van der Waals surface area contributed by atoms with Gasteiger partial charge in [0.2, 0.25) is 0 Å². The lowest BCUT2D eigenvalue weighted by Gasteiger charge is -2.09. The van der Waals surface area contributed by atoms with Gasteiger partial charge >= 0.3 is 5.97 Å². The second-order valence-electron chi connectivity index (χ2n) is 3.45. The third kappa shape index (κ3) is 1.74. The topological polar surface area (TPSA) is 94.0 Å². The van der Waals surface area contributed by atoms with E-state index in [-0.39, 0.29) is 5.92 Å². The van der Waals surface area contributed by atoms with Gasteiger partial charge in [-0.1, -0.05) is 19.1 Å². The molecule has 14 heavy (non-hydrogen) atoms. The fourth-order valence-corrected chi connectivity index (χ4v) is 1.39. The van der Waals surface area contributed by atoms with Crippen LogP contribution in [-0.2, 0) is 11.8 Å². The summed E-state index contributed by atoms with van der Waals surface area (Å²) < 4.78 is 1.56. The molecule has 1 rings (SSSR count). The standard InChI is InChI=1S/C8H14N4O2/c1-4(2)7-6(5(9)8(13)14)10-11-12(7)3/h4-5H,9H2,1-3H3,(H,13,14). The van der Waals surface area contributed by atoms with Gasteiger partial charge in [-0.15, -0.1) is 5.10 Å². The van der Waals surface area contributed by atoms with Crippen molar-refractivity contribution in [3.8, 4) is 0 Å². The molecule has 0 spiro atoms. The molecule has 0 aliphatic rings. The molecule has 0 aromatic carbocycles. The Labute approximate surface area is 81.7 Å². The number of carboxylic acid groups (broad SMARTS) is 1. The van der Waals surface area contributed by atoms with Crippen LogP contribution in [0, 0.1) is 0 Å². The highest BCUT2D eigenvalue weighted by molar-refractivity contribution is 5.74. The van der Waals surface area contributed by atoms with Crippen molar-refractivity contribution in [2.45, 2.75) is 25.8 Å². The molecule has 0 aliphatic carbocycles. The Morgan fingerprint density at radius 1 is 1.57 bits per heavy atom. The molecule has 0 saturated carbocycles. The number of nitrogens with zero attached hydrogens (tertiary/aromatic N) is 3. The van der Waals surface area contributed by atoms with Crippen LogP contribution in [0.3, 0.4) is 0 Å². The van der Waals surface area contributed by atoms with E-state index in [1.54, 1.807) is 11.7 Å². The lowest BCUT2D eigenvalue weighted by Crippen LogP contribution is -2.23. The number of carbonyl (C=O) groups is 1. The smallest absolute Gasteiger partial charge is 0.326 e. The minimum absolute atomic E-state index is 0.149. The second kappa shape index (κ2) is 3.75. The lowest BCUT2D eigenvalue weighted by atomic mass is 10.0. The second-order valence-corrected chi connectivity index (χ2v) is 3.45. The Morgan fingerprint density at radius 2 is 2.14 bits per heavy atom. The molecule has 1 atom stereocenters. The first-order valence-corrected chi connectivity index (χ1v) is 4.33. The van der Waals surface area contributed by atoms with Crippen LogP contribution in [0.25, 0.3) is 0 Å². The van der Waals surface area contributed by atoms with E-state index >= 15 is 0 Å². The third-order valence-electron chi connectivity index (χ3n) is 2.01. The van der Waals surface area contributed by atoms with Gasteiger partial charge in [-0.25, -0.2) is 0 Å². The number of rotatable bonds is 3. The van der Waals surface area contributed by atoms with Crippen molar-refractivity contribution in [3.05, 3.63) is 11.4 Å². The lowest BCUT2D eigenvalue weighted by molar-refractivity contribution is -0.138. The number of aliphatic carboxylic acids is 1. The summed E-state index contributed by atoms with van der Waals surface area (Å²) in [6, 6.07) is -1.10. The van der Waals surface area contributed by atoms with Gasteiger partial charge in [0.1, 0.15) is 11.7 Å². The van der Waals surface area contributed by atoms with Crippen LogP contribution in [0.15, 0.2) is 0 Å².